The third-order valence-corrected chi connectivity index (χ3v) is 4.92. The molecule has 23 heavy (non-hydrogen) atoms. The number of halogens is 3. The summed E-state index contributed by atoms with van der Waals surface area (Å²) in [5.41, 5.74) is 1.07. The van der Waals surface area contributed by atoms with Gasteiger partial charge in [0, 0.05) is 15.4 Å². The number of fused-ring (bicyclic) bond motifs is 1. The molecule has 0 fully saturated rings. The van der Waals surface area contributed by atoms with Gasteiger partial charge in [0.2, 0.25) is 0 Å². The van der Waals surface area contributed by atoms with Gasteiger partial charge in [-0.3, -0.25) is 4.68 Å². The van der Waals surface area contributed by atoms with Gasteiger partial charge in [0.15, 0.2) is 0 Å². The van der Waals surface area contributed by atoms with Crippen LogP contribution in [-0.4, -0.2) is 22.9 Å². The molecule has 2 aromatic carbocycles. The number of hydrogen-bond donors (Lipinski definition) is 0. The van der Waals surface area contributed by atoms with Crippen molar-refractivity contribution in [3.05, 3.63) is 63.0 Å². The van der Waals surface area contributed by atoms with Gasteiger partial charge in [-0.15, -0.1) is 0 Å². The Morgan fingerprint density at radius 2 is 2.17 bits per heavy atom. The minimum Gasteiger partial charge on any atom is -0.465 e. The minimum atomic E-state index is -0.704. The molecular weight excluding hydrogens is 387 g/mol. The van der Waals surface area contributed by atoms with Crippen molar-refractivity contribution in [3.8, 4) is 0 Å². The molecule has 0 radical (unpaired) electrons. The molecular formula is C16H11BrClFN2O2. The van der Waals surface area contributed by atoms with Crippen LogP contribution in [-0.2, 0) is 11.3 Å². The number of methoxy groups -OCH3 is 1. The van der Waals surface area contributed by atoms with Crippen molar-refractivity contribution in [2.24, 2.45) is 0 Å². The van der Waals surface area contributed by atoms with Crippen LogP contribution >= 0.6 is 27.5 Å². The van der Waals surface area contributed by atoms with Crippen molar-refractivity contribution in [2.45, 2.75) is 6.54 Å². The molecule has 0 atom stereocenters. The predicted octanol–water partition coefficient (Wildman–Crippen LogP) is 4.43. The van der Waals surface area contributed by atoms with Gasteiger partial charge >= 0.3 is 5.97 Å². The van der Waals surface area contributed by atoms with Crippen molar-refractivity contribution in [1.82, 2.24) is 9.78 Å². The van der Waals surface area contributed by atoms with Crippen LogP contribution in [0.5, 0.6) is 0 Å². The Bertz CT molecular complexity index is 910. The lowest BCUT2D eigenvalue weighted by Crippen LogP contribution is -2.09. The molecule has 0 saturated heterocycles. The third-order valence-electron chi connectivity index (χ3n) is 3.52. The fourth-order valence-corrected chi connectivity index (χ4v) is 2.95. The molecule has 0 N–H and O–H groups in total. The quantitative estimate of drug-likeness (QED) is 0.614. The molecule has 3 rings (SSSR count). The van der Waals surface area contributed by atoms with Crippen LogP contribution in [0.2, 0.25) is 5.02 Å². The highest BCUT2D eigenvalue weighted by Gasteiger charge is 2.16. The number of benzene rings is 2. The van der Waals surface area contributed by atoms with E-state index in [1.165, 1.54) is 13.2 Å². The van der Waals surface area contributed by atoms with Crippen molar-refractivity contribution >= 4 is 44.4 Å². The summed E-state index contributed by atoms with van der Waals surface area (Å²) in [5, 5.41) is 5.69. The number of aromatic nitrogens is 2. The second-order valence-electron chi connectivity index (χ2n) is 4.87. The molecule has 0 aliphatic carbocycles. The van der Waals surface area contributed by atoms with Crippen LogP contribution in [0.4, 0.5) is 4.39 Å². The van der Waals surface area contributed by atoms with Gasteiger partial charge in [-0.25, -0.2) is 9.18 Å². The molecule has 1 heterocycles. The van der Waals surface area contributed by atoms with E-state index in [0.29, 0.717) is 10.6 Å². The maximum Gasteiger partial charge on any atom is 0.340 e. The van der Waals surface area contributed by atoms with Gasteiger partial charge in [0.1, 0.15) is 5.82 Å². The zero-order valence-corrected chi connectivity index (χ0v) is 14.4. The van der Waals surface area contributed by atoms with E-state index in [9.17, 15) is 9.18 Å². The SMILES string of the molecule is COC(=O)c1cccc(Cn2ncc3c(Br)c(Cl)ccc32)c1F. The molecule has 0 unspecified atom stereocenters. The molecule has 0 aliphatic heterocycles. The first-order chi connectivity index (χ1) is 11.0. The average Bonchev–Trinajstić information content (AvgIpc) is 2.96. The van der Waals surface area contributed by atoms with E-state index >= 15 is 0 Å². The number of carbonyl (C=O) groups excluding carboxylic acids is 1. The smallest absolute Gasteiger partial charge is 0.340 e. The maximum atomic E-state index is 14.5. The molecule has 4 nitrogen and oxygen atoms in total. The lowest BCUT2D eigenvalue weighted by molar-refractivity contribution is 0.0595. The highest BCUT2D eigenvalue weighted by Crippen LogP contribution is 2.31. The van der Waals surface area contributed by atoms with Gasteiger partial charge < -0.3 is 4.74 Å². The molecule has 1 aromatic heterocycles. The lowest BCUT2D eigenvalue weighted by atomic mass is 10.1. The van der Waals surface area contributed by atoms with E-state index in [0.717, 1.165) is 15.4 Å². The van der Waals surface area contributed by atoms with Gasteiger partial charge in [0.05, 0.1) is 36.0 Å². The summed E-state index contributed by atoms with van der Waals surface area (Å²) >= 11 is 9.47. The predicted molar refractivity (Wildman–Crippen MR) is 89.3 cm³/mol. The molecule has 7 heteroatoms. The van der Waals surface area contributed by atoms with Crippen molar-refractivity contribution in [1.29, 1.82) is 0 Å². The highest BCUT2D eigenvalue weighted by atomic mass is 79.9. The number of esters is 1. The summed E-state index contributed by atoms with van der Waals surface area (Å²) in [6.07, 6.45) is 1.66. The van der Waals surface area contributed by atoms with Crippen molar-refractivity contribution in [3.63, 3.8) is 0 Å². The summed E-state index contributed by atoms with van der Waals surface area (Å²) in [6.45, 7) is 0.189. The van der Waals surface area contributed by atoms with Gasteiger partial charge in [-0.2, -0.15) is 5.10 Å². The van der Waals surface area contributed by atoms with E-state index in [1.807, 2.05) is 6.07 Å². The van der Waals surface area contributed by atoms with Crippen molar-refractivity contribution < 1.29 is 13.9 Å². The van der Waals surface area contributed by atoms with E-state index in [4.69, 9.17) is 11.6 Å². The second-order valence-corrected chi connectivity index (χ2v) is 6.07. The summed E-state index contributed by atoms with van der Waals surface area (Å²) in [5.74, 6) is -1.31. The van der Waals surface area contributed by atoms with Crippen LogP contribution in [0.3, 0.4) is 0 Å². The Labute approximate surface area is 144 Å². The Hall–Kier alpha value is -1.92. The van der Waals surface area contributed by atoms with Crippen molar-refractivity contribution in [2.75, 3.05) is 7.11 Å². The first-order valence-electron chi connectivity index (χ1n) is 6.68. The molecule has 0 amide bonds. The maximum absolute atomic E-state index is 14.5. The van der Waals surface area contributed by atoms with Crippen LogP contribution in [0.15, 0.2) is 41.0 Å². The standard InChI is InChI=1S/C16H11BrClFN2O2/c1-23-16(22)10-4-2-3-9(15(10)19)8-21-13-6-5-12(18)14(17)11(13)7-20-21/h2-7H,8H2,1H3. The molecule has 118 valence electrons. The topological polar surface area (TPSA) is 44.1 Å². The number of rotatable bonds is 3. The first-order valence-corrected chi connectivity index (χ1v) is 7.85. The van der Waals surface area contributed by atoms with E-state index in [-0.39, 0.29) is 12.1 Å². The minimum absolute atomic E-state index is 0.0920. The van der Waals surface area contributed by atoms with Crippen LogP contribution in [0.1, 0.15) is 15.9 Å². The van der Waals surface area contributed by atoms with E-state index in [1.54, 1.807) is 29.1 Å². The Kier molecular flexibility index (Phi) is 4.37. The van der Waals surface area contributed by atoms with Crippen LogP contribution < -0.4 is 0 Å². The zero-order valence-electron chi connectivity index (χ0n) is 12.0. The molecule has 3 aromatic rings. The number of carbonyl (C=O) groups is 1. The summed E-state index contributed by atoms with van der Waals surface area (Å²) in [6, 6.07) is 8.18. The molecule has 0 bridgehead atoms. The van der Waals surface area contributed by atoms with Gasteiger partial charge in [0.25, 0.3) is 0 Å². The Morgan fingerprint density at radius 3 is 2.91 bits per heavy atom. The molecule has 0 aliphatic rings. The fraction of sp³-hybridized carbons (Fsp3) is 0.125. The fourth-order valence-electron chi connectivity index (χ4n) is 2.35. The number of hydrogen-bond acceptors (Lipinski definition) is 3. The summed E-state index contributed by atoms with van der Waals surface area (Å²) in [7, 11) is 1.22. The van der Waals surface area contributed by atoms with E-state index in [2.05, 4.69) is 25.8 Å². The van der Waals surface area contributed by atoms with E-state index < -0.39 is 11.8 Å². The molecule has 0 spiro atoms. The largest absolute Gasteiger partial charge is 0.465 e. The highest BCUT2D eigenvalue weighted by molar-refractivity contribution is 9.10. The number of ether oxygens (including phenoxy) is 1. The third kappa shape index (κ3) is 2.84. The van der Waals surface area contributed by atoms with Gasteiger partial charge in [-0.05, 0) is 34.1 Å². The molecule has 0 saturated carbocycles. The van der Waals surface area contributed by atoms with Crippen LogP contribution in [0.25, 0.3) is 10.9 Å². The van der Waals surface area contributed by atoms with Gasteiger partial charge in [-0.1, -0.05) is 23.7 Å². The monoisotopic (exact) mass is 396 g/mol. The second kappa shape index (κ2) is 6.29. The number of nitrogens with zero attached hydrogens (tertiary/aromatic N) is 2. The summed E-state index contributed by atoms with van der Waals surface area (Å²) in [4.78, 5) is 11.6. The first kappa shape index (κ1) is 16.0. The normalized spacial score (nSPS) is 11.0. The zero-order chi connectivity index (χ0) is 16.6. The summed E-state index contributed by atoms with van der Waals surface area (Å²) < 4.78 is 21.4. The van der Waals surface area contributed by atoms with Crippen LogP contribution in [0, 0.1) is 5.82 Å². The Morgan fingerprint density at radius 1 is 1.39 bits per heavy atom. The lowest BCUT2D eigenvalue weighted by Gasteiger charge is -2.08. The average molecular weight is 398 g/mol. The Balaban J connectivity index is 2.03.